The minimum absolute atomic E-state index is 0.00233. The minimum atomic E-state index is -0.539. The summed E-state index contributed by atoms with van der Waals surface area (Å²) < 4.78 is 11.5. The molecule has 0 aromatic carbocycles. The van der Waals surface area contributed by atoms with Gasteiger partial charge in [-0.3, -0.25) is 14.4 Å². The van der Waals surface area contributed by atoms with Crippen molar-refractivity contribution in [2.75, 3.05) is 39.4 Å². The molecule has 0 aliphatic heterocycles. The van der Waals surface area contributed by atoms with Crippen LogP contribution < -0.4 is 5.32 Å². The van der Waals surface area contributed by atoms with Gasteiger partial charge in [0.2, 0.25) is 5.91 Å². The molecule has 0 bridgehead atoms. The van der Waals surface area contributed by atoms with E-state index < -0.39 is 5.60 Å². The van der Waals surface area contributed by atoms with E-state index in [0.717, 1.165) is 135 Å². The van der Waals surface area contributed by atoms with E-state index in [0.29, 0.717) is 38.4 Å². The molecule has 8 heteroatoms. The molecule has 1 saturated carbocycles. The molecule has 0 aromatic rings. The number of ether oxygens (including phenoxy) is 2. The standard InChI is InChI=1S/C53H102N2O6/c1-5-9-13-17-20-24-34-48(33-23-16-12-8-4)45-54-50(56)36-25-21-31-42-55(44-41-53(59)39-29-22-30-40-53)43-32-28-35-49(46-60-51(57)37-26-18-14-10-6-2)47-61-52(58)38-27-19-15-11-7-3/h48-49,59H,5-47H2,1-4H3,(H,54,56). The second kappa shape index (κ2) is 41.1. The minimum Gasteiger partial charge on any atom is -0.465 e. The van der Waals surface area contributed by atoms with E-state index in [2.05, 4.69) is 37.9 Å². The van der Waals surface area contributed by atoms with Gasteiger partial charge in [-0.05, 0) is 89.6 Å². The Hall–Kier alpha value is -1.67. The number of nitrogens with one attached hydrogen (secondary N) is 1. The van der Waals surface area contributed by atoms with Crippen molar-refractivity contribution in [1.29, 1.82) is 0 Å². The predicted octanol–water partition coefficient (Wildman–Crippen LogP) is 14.0. The van der Waals surface area contributed by atoms with E-state index in [-0.39, 0.29) is 23.8 Å². The lowest BCUT2D eigenvalue weighted by Crippen LogP contribution is -2.37. The molecule has 2 N–H and O–H groups in total. The van der Waals surface area contributed by atoms with Gasteiger partial charge in [0.1, 0.15) is 0 Å². The molecule has 0 aromatic heterocycles. The lowest BCUT2D eigenvalue weighted by Gasteiger charge is -2.34. The smallest absolute Gasteiger partial charge is 0.305 e. The molecule has 0 spiro atoms. The third kappa shape index (κ3) is 35.4. The highest BCUT2D eigenvalue weighted by molar-refractivity contribution is 5.75. The van der Waals surface area contributed by atoms with Crippen molar-refractivity contribution in [2.24, 2.45) is 11.8 Å². The zero-order valence-corrected chi connectivity index (χ0v) is 41.0. The molecule has 1 rings (SSSR count). The fourth-order valence-corrected chi connectivity index (χ4v) is 9.02. The number of hydrogen-bond acceptors (Lipinski definition) is 7. The molecule has 360 valence electrons. The van der Waals surface area contributed by atoms with Gasteiger partial charge < -0.3 is 24.8 Å². The summed E-state index contributed by atoms with van der Waals surface area (Å²) >= 11 is 0. The molecule has 0 heterocycles. The van der Waals surface area contributed by atoms with Crippen LogP contribution in [0.15, 0.2) is 0 Å². The number of carbonyl (C=O) groups is 3. The molecule has 1 aliphatic carbocycles. The maximum absolute atomic E-state index is 12.9. The van der Waals surface area contributed by atoms with Crippen molar-refractivity contribution in [3.63, 3.8) is 0 Å². The molecule has 1 aliphatic rings. The number of unbranched alkanes of at least 4 members (excludes halogenated alkanes) is 19. The summed E-state index contributed by atoms with van der Waals surface area (Å²) in [6.45, 7) is 13.2. The Labute approximate surface area is 378 Å². The number of carbonyl (C=O) groups excluding carboxylic acids is 3. The molecule has 1 fully saturated rings. The number of aliphatic hydroxyl groups is 1. The third-order valence-corrected chi connectivity index (χ3v) is 13.3. The summed E-state index contributed by atoms with van der Waals surface area (Å²) in [6.07, 6.45) is 40.0. The molecule has 0 radical (unpaired) electrons. The summed E-state index contributed by atoms with van der Waals surface area (Å²) in [7, 11) is 0. The van der Waals surface area contributed by atoms with Crippen molar-refractivity contribution < 1.29 is 29.0 Å². The summed E-state index contributed by atoms with van der Waals surface area (Å²) in [6, 6.07) is 0. The number of rotatable bonds is 44. The summed E-state index contributed by atoms with van der Waals surface area (Å²) in [4.78, 5) is 40.6. The number of esters is 2. The first kappa shape index (κ1) is 57.3. The first-order chi connectivity index (χ1) is 29.7. The first-order valence-electron chi connectivity index (χ1n) is 26.8. The fourth-order valence-electron chi connectivity index (χ4n) is 9.02. The van der Waals surface area contributed by atoms with Crippen LogP contribution in [0.25, 0.3) is 0 Å². The Morgan fingerprint density at radius 1 is 0.508 bits per heavy atom. The fraction of sp³-hybridized carbons (Fsp3) is 0.943. The zero-order valence-electron chi connectivity index (χ0n) is 41.0. The number of hydrogen-bond donors (Lipinski definition) is 2. The van der Waals surface area contributed by atoms with E-state index in [9.17, 15) is 19.5 Å². The third-order valence-electron chi connectivity index (χ3n) is 13.3. The largest absolute Gasteiger partial charge is 0.465 e. The average molecular weight is 863 g/mol. The maximum Gasteiger partial charge on any atom is 0.305 e. The summed E-state index contributed by atoms with van der Waals surface area (Å²) in [5.41, 5.74) is -0.539. The average Bonchev–Trinajstić information content (AvgIpc) is 3.26. The highest BCUT2D eigenvalue weighted by Crippen LogP contribution is 2.31. The predicted molar refractivity (Wildman–Crippen MR) is 257 cm³/mol. The van der Waals surface area contributed by atoms with Crippen LogP contribution in [0.5, 0.6) is 0 Å². The Bertz CT molecular complexity index is 987. The highest BCUT2D eigenvalue weighted by atomic mass is 16.5. The van der Waals surface area contributed by atoms with Crippen LogP contribution in [0.1, 0.15) is 265 Å². The Balaban J connectivity index is 2.63. The molecule has 1 atom stereocenters. The molecule has 61 heavy (non-hydrogen) atoms. The Morgan fingerprint density at radius 2 is 0.918 bits per heavy atom. The normalized spacial score (nSPS) is 14.4. The molecular formula is C53H102N2O6. The number of amides is 1. The van der Waals surface area contributed by atoms with E-state index in [1.807, 2.05) is 0 Å². The SMILES string of the molecule is CCCCCCCCC(CCCCCC)CNC(=O)CCCCCN(CCCCC(COC(=O)CCCCCCC)COC(=O)CCCCCCC)CCC1(O)CCCCC1. The van der Waals surface area contributed by atoms with E-state index in [1.165, 1.54) is 109 Å². The van der Waals surface area contributed by atoms with Gasteiger partial charge in [-0.2, -0.15) is 0 Å². The van der Waals surface area contributed by atoms with Crippen molar-refractivity contribution >= 4 is 17.8 Å². The van der Waals surface area contributed by atoms with Crippen molar-refractivity contribution in [3.05, 3.63) is 0 Å². The van der Waals surface area contributed by atoms with Crippen LogP contribution in [0.3, 0.4) is 0 Å². The van der Waals surface area contributed by atoms with Crippen LogP contribution in [0.2, 0.25) is 0 Å². The van der Waals surface area contributed by atoms with Crippen LogP contribution in [0.4, 0.5) is 0 Å². The van der Waals surface area contributed by atoms with Gasteiger partial charge in [0.15, 0.2) is 0 Å². The monoisotopic (exact) mass is 863 g/mol. The lowest BCUT2D eigenvalue weighted by atomic mass is 9.82. The van der Waals surface area contributed by atoms with Crippen LogP contribution in [0, 0.1) is 11.8 Å². The highest BCUT2D eigenvalue weighted by Gasteiger charge is 2.29. The Morgan fingerprint density at radius 3 is 1.46 bits per heavy atom. The topological polar surface area (TPSA) is 105 Å². The van der Waals surface area contributed by atoms with Gasteiger partial charge in [0.05, 0.1) is 18.8 Å². The van der Waals surface area contributed by atoms with E-state index >= 15 is 0 Å². The second-order valence-corrected chi connectivity index (χ2v) is 19.3. The quantitative estimate of drug-likeness (QED) is 0.0464. The first-order valence-corrected chi connectivity index (χ1v) is 26.8. The van der Waals surface area contributed by atoms with Crippen LogP contribution in [-0.2, 0) is 23.9 Å². The molecular weight excluding hydrogens is 761 g/mol. The zero-order chi connectivity index (χ0) is 44.5. The van der Waals surface area contributed by atoms with Gasteiger partial charge >= 0.3 is 11.9 Å². The molecule has 1 unspecified atom stereocenters. The van der Waals surface area contributed by atoms with Crippen molar-refractivity contribution in [3.8, 4) is 0 Å². The molecule has 0 saturated heterocycles. The summed E-state index contributed by atoms with van der Waals surface area (Å²) in [5.74, 6) is 0.539. The molecule has 8 nitrogen and oxygen atoms in total. The number of nitrogens with zero attached hydrogens (tertiary/aromatic N) is 1. The van der Waals surface area contributed by atoms with Gasteiger partial charge in [-0.1, -0.05) is 175 Å². The second-order valence-electron chi connectivity index (χ2n) is 19.3. The van der Waals surface area contributed by atoms with Gasteiger partial charge in [0.25, 0.3) is 0 Å². The van der Waals surface area contributed by atoms with Gasteiger partial charge in [-0.25, -0.2) is 0 Å². The van der Waals surface area contributed by atoms with Crippen molar-refractivity contribution in [1.82, 2.24) is 10.2 Å². The van der Waals surface area contributed by atoms with Gasteiger partial charge in [0, 0.05) is 38.3 Å². The molecule has 1 amide bonds. The summed E-state index contributed by atoms with van der Waals surface area (Å²) in [5, 5.41) is 14.6. The Kier molecular flexibility index (Phi) is 38.6. The van der Waals surface area contributed by atoms with Gasteiger partial charge in [-0.15, -0.1) is 0 Å². The lowest BCUT2D eigenvalue weighted by molar-refractivity contribution is -0.149. The van der Waals surface area contributed by atoms with Crippen molar-refractivity contribution in [2.45, 2.75) is 271 Å². The van der Waals surface area contributed by atoms with E-state index in [1.54, 1.807) is 0 Å². The van der Waals surface area contributed by atoms with Crippen LogP contribution >= 0.6 is 0 Å². The maximum atomic E-state index is 12.9. The van der Waals surface area contributed by atoms with E-state index in [4.69, 9.17) is 9.47 Å². The van der Waals surface area contributed by atoms with Crippen LogP contribution in [-0.4, -0.2) is 72.8 Å².